The number of aryl methyl sites for hydroxylation is 1. The van der Waals surface area contributed by atoms with Crippen molar-refractivity contribution < 1.29 is 4.79 Å². The molecule has 0 radical (unpaired) electrons. The Hall–Kier alpha value is -0.980. The first-order valence-electron chi connectivity index (χ1n) is 5.85. The van der Waals surface area contributed by atoms with Crippen LogP contribution in [-0.4, -0.2) is 12.1 Å². The summed E-state index contributed by atoms with van der Waals surface area (Å²) in [4.78, 5) is 14.1. The average molecular weight is 357 g/mol. The minimum Gasteiger partial charge on any atom is -0.267 e. The Morgan fingerprint density at radius 2 is 2.37 bits per heavy atom. The molecule has 0 atom stereocenters. The molecule has 0 aliphatic rings. The Balaban J connectivity index is 1.91. The summed E-state index contributed by atoms with van der Waals surface area (Å²) in [7, 11) is 0. The van der Waals surface area contributed by atoms with Crippen LogP contribution in [0.3, 0.4) is 0 Å². The maximum atomic E-state index is 11.8. The second-order valence-electron chi connectivity index (χ2n) is 3.89. The van der Waals surface area contributed by atoms with Crippen LogP contribution in [0.2, 0.25) is 0 Å². The van der Waals surface area contributed by atoms with Crippen LogP contribution in [0, 0.1) is 0 Å². The average Bonchev–Trinajstić information content (AvgIpc) is 2.99. The number of hydrogen-bond donors (Lipinski definition) is 1. The summed E-state index contributed by atoms with van der Waals surface area (Å²) < 4.78 is 1.04. The lowest BCUT2D eigenvalue weighted by atomic mass is 10.2. The molecule has 0 fully saturated rings. The lowest BCUT2D eigenvalue weighted by molar-refractivity contribution is 0.0955. The zero-order valence-corrected chi connectivity index (χ0v) is 13.6. The highest BCUT2D eigenvalue weighted by Gasteiger charge is 2.07. The van der Waals surface area contributed by atoms with Gasteiger partial charge in [0.1, 0.15) is 0 Å². The summed E-state index contributed by atoms with van der Waals surface area (Å²) >= 11 is 6.56. The first-order chi connectivity index (χ1) is 9.19. The minimum absolute atomic E-state index is 0.162. The van der Waals surface area contributed by atoms with Crippen molar-refractivity contribution in [1.29, 1.82) is 0 Å². The number of hydrazone groups is 1. The van der Waals surface area contributed by atoms with Crippen molar-refractivity contribution in [3.8, 4) is 0 Å². The Morgan fingerprint density at radius 3 is 3.05 bits per heavy atom. The molecule has 2 heterocycles. The number of nitrogens with zero attached hydrogens (tertiary/aromatic N) is 1. The molecule has 0 saturated heterocycles. The van der Waals surface area contributed by atoms with Gasteiger partial charge in [-0.1, -0.05) is 13.3 Å². The number of thiophene rings is 2. The zero-order chi connectivity index (χ0) is 13.7. The zero-order valence-electron chi connectivity index (χ0n) is 10.4. The lowest BCUT2D eigenvalue weighted by Gasteiger charge is -1.95. The van der Waals surface area contributed by atoms with Gasteiger partial charge < -0.3 is 0 Å². The van der Waals surface area contributed by atoms with Crippen molar-refractivity contribution in [2.75, 3.05) is 0 Å². The first kappa shape index (κ1) is 14.4. The molecule has 0 bridgehead atoms. The Kier molecular flexibility index (Phi) is 5.30. The smallest absolute Gasteiger partial charge is 0.267 e. The molecule has 0 unspecified atom stereocenters. The van der Waals surface area contributed by atoms with Crippen molar-refractivity contribution in [1.82, 2.24) is 5.43 Å². The van der Waals surface area contributed by atoms with Gasteiger partial charge in [0.15, 0.2) is 0 Å². The molecule has 0 saturated carbocycles. The summed E-state index contributed by atoms with van der Waals surface area (Å²) in [6.07, 6.45) is 3.75. The molecule has 100 valence electrons. The second-order valence-corrected chi connectivity index (χ2v) is 7.38. The molecule has 2 aromatic heterocycles. The Labute approximate surface area is 128 Å². The van der Waals surface area contributed by atoms with E-state index in [-0.39, 0.29) is 5.91 Å². The maximum Gasteiger partial charge on any atom is 0.272 e. The minimum atomic E-state index is -0.162. The molecule has 2 aromatic rings. The fourth-order valence-corrected chi connectivity index (χ4v) is 3.76. The molecule has 0 aromatic carbocycles. The Morgan fingerprint density at radius 1 is 1.53 bits per heavy atom. The van der Waals surface area contributed by atoms with E-state index in [9.17, 15) is 4.79 Å². The normalized spacial score (nSPS) is 11.1. The molecular formula is C13H13BrN2OS2. The fourth-order valence-electron chi connectivity index (χ4n) is 1.49. The van der Waals surface area contributed by atoms with E-state index in [4.69, 9.17) is 0 Å². The van der Waals surface area contributed by atoms with Gasteiger partial charge in [-0.2, -0.15) is 5.10 Å². The van der Waals surface area contributed by atoms with Crippen LogP contribution in [0.4, 0.5) is 0 Å². The maximum absolute atomic E-state index is 11.8. The van der Waals surface area contributed by atoms with Crippen molar-refractivity contribution in [2.45, 2.75) is 19.8 Å². The third-order valence-electron chi connectivity index (χ3n) is 2.36. The topological polar surface area (TPSA) is 41.5 Å². The van der Waals surface area contributed by atoms with Crippen LogP contribution in [0.25, 0.3) is 0 Å². The van der Waals surface area contributed by atoms with Crippen LogP contribution in [0.1, 0.15) is 33.5 Å². The van der Waals surface area contributed by atoms with E-state index in [2.05, 4.69) is 33.4 Å². The van der Waals surface area contributed by atoms with Gasteiger partial charge in [0.2, 0.25) is 0 Å². The van der Waals surface area contributed by atoms with Crippen LogP contribution in [0.5, 0.6) is 0 Å². The molecule has 2 rings (SSSR count). The summed E-state index contributed by atoms with van der Waals surface area (Å²) in [5.41, 5.74) is 3.22. The van der Waals surface area contributed by atoms with Crippen LogP contribution in [0.15, 0.2) is 32.5 Å². The molecule has 3 nitrogen and oxygen atoms in total. The van der Waals surface area contributed by atoms with E-state index < -0.39 is 0 Å². The third-order valence-corrected chi connectivity index (χ3v) is 4.92. The van der Waals surface area contributed by atoms with Gasteiger partial charge in [-0.05, 0) is 40.5 Å². The third kappa shape index (κ3) is 4.26. The number of carbonyl (C=O) groups excluding carboxylic acids is 1. The van der Waals surface area contributed by atoms with Crippen molar-refractivity contribution in [3.63, 3.8) is 0 Å². The SMILES string of the molecule is CCCc1cc(C(=O)N/N=C/c2ccc(Br)s2)cs1. The van der Waals surface area contributed by atoms with Gasteiger partial charge in [-0.3, -0.25) is 4.79 Å². The van der Waals surface area contributed by atoms with Gasteiger partial charge in [-0.15, -0.1) is 22.7 Å². The molecule has 1 N–H and O–H groups in total. The van der Waals surface area contributed by atoms with Gasteiger partial charge in [0.05, 0.1) is 15.6 Å². The highest BCUT2D eigenvalue weighted by Crippen LogP contribution is 2.20. The molecule has 19 heavy (non-hydrogen) atoms. The van der Waals surface area contributed by atoms with E-state index in [1.165, 1.54) is 4.88 Å². The van der Waals surface area contributed by atoms with Crippen molar-refractivity contribution >= 4 is 50.7 Å². The summed E-state index contributed by atoms with van der Waals surface area (Å²) in [6.45, 7) is 2.13. The van der Waals surface area contributed by atoms with Crippen LogP contribution >= 0.6 is 38.6 Å². The van der Waals surface area contributed by atoms with E-state index in [0.29, 0.717) is 5.56 Å². The van der Waals surface area contributed by atoms with E-state index in [1.807, 2.05) is 23.6 Å². The lowest BCUT2D eigenvalue weighted by Crippen LogP contribution is -2.16. The van der Waals surface area contributed by atoms with E-state index in [0.717, 1.165) is 21.5 Å². The van der Waals surface area contributed by atoms with Gasteiger partial charge >= 0.3 is 0 Å². The van der Waals surface area contributed by atoms with Crippen molar-refractivity contribution in [2.24, 2.45) is 5.10 Å². The standard InChI is InChI=1S/C13H13BrN2OS2/c1-2-3-10-6-9(8-18-10)13(17)16-15-7-11-4-5-12(14)19-11/h4-8H,2-3H2,1H3,(H,16,17)/b15-7+. The van der Waals surface area contributed by atoms with E-state index >= 15 is 0 Å². The summed E-state index contributed by atoms with van der Waals surface area (Å²) in [5.74, 6) is -0.162. The number of nitrogens with one attached hydrogen (secondary N) is 1. The second kappa shape index (κ2) is 6.98. The van der Waals surface area contributed by atoms with Crippen molar-refractivity contribution in [3.05, 3.63) is 42.7 Å². The van der Waals surface area contributed by atoms with Gasteiger partial charge in [0, 0.05) is 15.1 Å². The predicted molar refractivity (Wildman–Crippen MR) is 85.4 cm³/mol. The number of halogens is 1. The molecule has 1 amide bonds. The number of carbonyl (C=O) groups is 1. The molecular weight excluding hydrogens is 344 g/mol. The van der Waals surface area contributed by atoms with Crippen LogP contribution in [-0.2, 0) is 6.42 Å². The van der Waals surface area contributed by atoms with Gasteiger partial charge in [0.25, 0.3) is 5.91 Å². The number of rotatable bonds is 5. The predicted octanol–water partition coefficient (Wildman–Crippen LogP) is 4.29. The first-order valence-corrected chi connectivity index (χ1v) is 8.34. The molecule has 0 aliphatic carbocycles. The number of hydrogen-bond acceptors (Lipinski definition) is 4. The monoisotopic (exact) mass is 356 g/mol. The summed E-state index contributed by atoms with van der Waals surface area (Å²) in [6, 6.07) is 5.82. The highest BCUT2D eigenvalue weighted by atomic mass is 79.9. The van der Waals surface area contributed by atoms with Gasteiger partial charge in [-0.25, -0.2) is 5.43 Å². The highest BCUT2D eigenvalue weighted by molar-refractivity contribution is 9.11. The Bertz CT molecular complexity index is 589. The van der Waals surface area contributed by atoms with E-state index in [1.54, 1.807) is 28.9 Å². The molecule has 0 aliphatic heterocycles. The quantitative estimate of drug-likeness (QED) is 0.630. The molecule has 0 spiro atoms. The number of amides is 1. The molecule has 6 heteroatoms. The largest absolute Gasteiger partial charge is 0.272 e. The fraction of sp³-hybridized carbons (Fsp3) is 0.231. The summed E-state index contributed by atoms with van der Waals surface area (Å²) in [5, 5.41) is 5.83. The van der Waals surface area contributed by atoms with Crippen LogP contribution < -0.4 is 5.43 Å².